The predicted octanol–water partition coefficient (Wildman–Crippen LogP) is 3.64. The van der Waals surface area contributed by atoms with Gasteiger partial charge in [0.1, 0.15) is 0 Å². The molecule has 1 aromatic carbocycles. The minimum absolute atomic E-state index is 0.632. The first-order valence-electron chi connectivity index (χ1n) is 5.86. The first-order chi connectivity index (χ1) is 8.58. The standard InChI is InChI=1S/C15H20N2O/c1-5-11(2)15(18-4)17-10-12(3)13-6-8-14(16)9-7-13/h5-10H,16H2,1-4H3/b11-5-,12-10+,17-15+. The Morgan fingerprint density at radius 1 is 1.22 bits per heavy atom. The molecule has 18 heavy (non-hydrogen) atoms. The van der Waals surface area contributed by atoms with E-state index in [1.54, 1.807) is 13.3 Å². The molecule has 3 nitrogen and oxygen atoms in total. The molecule has 0 aliphatic carbocycles. The van der Waals surface area contributed by atoms with Crippen molar-refractivity contribution in [3.8, 4) is 0 Å². The Morgan fingerprint density at radius 3 is 2.33 bits per heavy atom. The van der Waals surface area contributed by atoms with Crippen molar-refractivity contribution in [1.29, 1.82) is 0 Å². The minimum atomic E-state index is 0.632. The molecule has 0 saturated carbocycles. The van der Waals surface area contributed by atoms with Crippen LogP contribution in [0, 0.1) is 0 Å². The van der Waals surface area contributed by atoms with Gasteiger partial charge in [0.05, 0.1) is 7.11 Å². The quantitative estimate of drug-likeness (QED) is 0.501. The summed E-state index contributed by atoms with van der Waals surface area (Å²) in [5.74, 6) is 0.632. The average molecular weight is 244 g/mol. The molecular formula is C15H20N2O. The minimum Gasteiger partial charge on any atom is -0.481 e. The van der Waals surface area contributed by atoms with Crippen molar-refractivity contribution in [2.45, 2.75) is 20.8 Å². The molecule has 0 atom stereocenters. The molecule has 0 spiro atoms. The van der Waals surface area contributed by atoms with Crippen LogP contribution >= 0.6 is 0 Å². The molecular weight excluding hydrogens is 224 g/mol. The fourth-order valence-corrected chi connectivity index (χ4v) is 1.41. The number of rotatable bonds is 3. The molecule has 0 aliphatic heterocycles. The fraction of sp³-hybridized carbons (Fsp3) is 0.267. The van der Waals surface area contributed by atoms with E-state index in [1.807, 2.05) is 51.1 Å². The van der Waals surface area contributed by atoms with Gasteiger partial charge < -0.3 is 10.5 Å². The van der Waals surface area contributed by atoms with E-state index in [-0.39, 0.29) is 0 Å². The van der Waals surface area contributed by atoms with Crippen LogP contribution in [0.5, 0.6) is 0 Å². The number of hydrogen-bond donors (Lipinski definition) is 1. The van der Waals surface area contributed by atoms with Crippen LogP contribution in [0.1, 0.15) is 26.3 Å². The number of nitrogens with zero attached hydrogens (tertiary/aromatic N) is 1. The monoisotopic (exact) mass is 244 g/mol. The number of allylic oxidation sites excluding steroid dienone is 2. The van der Waals surface area contributed by atoms with Gasteiger partial charge in [0.15, 0.2) is 0 Å². The van der Waals surface area contributed by atoms with Gasteiger partial charge in [0.2, 0.25) is 5.90 Å². The third-order valence-corrected chi connectivity index (χ3v) is 2.71. The van der Waals surface area contributed by atoms with Gasteiger partial charge in [0, 0.05) is 17.5 Å². The molecule has 0 saturated heterocycles. The van der Waals surface area contributed by atoms with E-state index in [9.17, 15) is 0 Å². The second-order valence-corrected chi connectivity index (χ2v) is 4.04. The summed E-state index contributed by atoms with van der Waals surface area (Å²) >= 11 is 0. The Morgan fingerprint density at radius 2 is 1.83 bits per heavy atom. The number of anilines is 1. The van der Waals surface area contributed by atoms with Crippen LogP contribution in [0.2, 0.25) is 0 Å². The van der Waals surface area contributed by atoms with Crippen LogP contribution in [0.25, 0.3) is 5.57 Å². The number of methoxy groups -OCH3 is 1. The van der Waals surface area contributed by atoms with E-state index in [4.69, 9.17) is 10.5 Å². The molecule has 0 aromatic heterocycles. The molecule has 1 rings (SSSR count). The zero-order valence-corrected chi connectivity index (χ0v) is 11.4. The first kappa shape index (κ1) is 14.0. The van der Waals surface area contributed by atoms with Crippen LogP contribution in [0.3, 0.4) is 0 Å². The molecule has 0 radical (unpaired) electrons. The van der Waals surface area contributed by atoms with E-state index < -0.39 is 0 Å². The van der Waals surface area contributed by atoms with Gasteiger partial charge in [-0.25, -0.2) is 4.99 Å². The Labute approximate surface area is 109 Å². The van der Waals surface area contributed by atoms with Crippen LogP contribution in [-0.2, 0) is 4.74 Å². The van der Waals surface area contributed by atoms with E-state index in [2.05, 4.69) is 4.99 Å². The van der Waals surface area contributed by atoms with Crippen molar-refractivity contribution in [2.75, 3.05) is 12.8 Å². The highest BCUT2D eigenvalue weighted by molar-refractivity contribution is 5.93. The second-order valence-electron chi connectivity index (χ2n) is 4.04. The highest BCUT2D eigenvalue weighted by Crippen LogP contribution is 2.15. The van der Waals surface area contributed by atoms with Crippen molar-refractivity contribution in [3.63, 3.8) is 0 Å². The normalized spacial score (nSPS) is 13.7. The summed E-state index contributed by atoms with van der Waals surface area (Å²) in [6.45, 7) is 5.93. The fourth-order valence-electron chi connectivity index (χ4n) is 1.41. The summed E-state index contributed by atoms with van der Waals surface area (Å²) in [6, 6.07) is 7.72. The van der Waals surface area contributed by atoms with Gasteiger partial charge in [-0.2, -0.15) is 0 Å². The maximum atomic E-state index is 5.65. The smallest absolute Gasteiger partial charge is 0.215 e. The summed E-state index contributed by atoms with van der Waals surface area (Å²) < 4.78 is 5.23. The molecule has 0 fully saturated rings. The second kappa shape index (κ2) is 6.64. The first-order valence-corrected chi connectivity index (χ1v) is 5.86. The maximum absolute atomic E-state index is 5.65. The SMILES string of the molecule is C\C=C(C)/C(=N\C=C(/C)c1ccc(N)cc1)OC. The molecule has 0 unspecified atom stereocenters. The van der Waals surface area contributed by atoms with Crippen LogP contribution < -0.4 is 5.73 Å². The lowest BCUT2D eigenvalue weighted by Crippen LogP contribution is -2.01. The van der Waals surface area contributed by atoms with Gasteiger partial charge in [0.25, 0.3) is 0 Å². The van der Waals surface area contributed by atoms with Crippen molar-refractivity contribution < 1.29 is 4.74 Å². The number of ether oxygens (including phenoxy) is 1. The summed E-state index contributed by atoms with van der Waals surface area (Å²) in [5, 5.41) is 0. The van der Waals surface area contributed by atoms with E-state index >= 15 is 0 Å². The highest BCUT2D eigenvalue weighted by Gasteiger charge is 1.99. The van der Waals surface area contributed by atoms with Crippen LogP contribution in [0.4, 0.5) is 5.69 Å². The largest absolute Gasteiger partial charge is 0.481 e. The van der Waals surface area contributed by atoms with E-state index in [0.717, 1.165) is 22.4 Å². The van der Waals surface area contributed by atoms with Crippen LogP contribution in [-0.4, -0.2) is 13.0 Å². The lowest BCUT2D eigenvalue weighted by atomic mass is 10.1. The summed E-state index contributed by atoms with van der Waals surface area (Å²) in [5.41, 5.74) is 9.59. The van der Waals surface area contributed by atoms with Crippen molar-refractivity contribution in [3.05, 3.63) is 47.7 Å². The van der Waals surface area contributed by atoms with Gasteiger partial charge in [-0.05, 0) is 44.0 Å². The molecule has 2 N–H and O–H groups in total. The Bertz CT molecular complexity index is 482. The lowest BCUT2D eigenvalue weighted by Gasteiger charge is -2.04. The molecule has 0 amide bonds. The Kier molecular flexibility index (Phi) is 5.18. The molecule has 96 valence electrons. The van der Waals surface area contributed by atoms with Crippen molar-refractivity contribution >= 4 is 17.2 Å². The molecule has 0 heterocycles. The average Bonchev–Trinajstić information content (AvgIpc) is 2.39. The third kappa shape index (κ3) is 3.77. The Hall–Kier alpha value is -2.03. The van der Waals surface area contributed by atoms with Crippen LogP contribution in [0.15, 0.2) is 47.1 Å². The predicted molar refractivity (Wildman–Crippen MR) is 78.4 cm³/mol. The number of nitrogen functional groups attached to an aromatic ring is 1. The summed E-state index contributed by atoms with van der Waals surface area (Å²) in [6.07, 6.45) is 3.77. The zero-order valence-electron chi connectivity index (χ0n) is 11.4. The Balaban J connectivity index is 2.95. The number of nitrogens with two attached hydrogens (primary N) is 1. The number of benzene rings is 1. The lowest BCUT2D eigenvalue weighted by molar-refractivity contribution is 0.403. The highest BCUT2D eigenvalue weighted by atomic mass is 16.5. The van der Waals surface area contributed by atoms with Crippen molar-refractivity contribution in [2.24, 2.45) is 4.99 Å². The molecule has 1 aromatic rings. The molecule has 3 heteroatoms. The van der Waals surface area contributed by atoms with E-state index in [1.165, 1.54) is 0 Å². The van der Waals surface area contributed by atoms with Gasteiger partial charge in [-0.1, -0.05) is 18.2 Å². The number of hydrogen-bond acceptors (Lipinski definition) is 3. The zero-order chi connectivity index (χ0) is 13.5. The van der Waals surface area contributed by atoms with Gasteiger partial charge in [-0.15, -0.1) is 0 Å². The van der Waals surface area contributed by atoms with Crippen molar-refractivity contribution in [1.82, 2.24) is 0 Å². The summed E-state index contributed by atoms with van der Waals surface area (Å²) in [7, 11) is 1.62. The van der Waals surface area contributed by atoms with Gasteiger partial charge in [-0.3, -0.25) is 0 Å². The molecule has 0 aliphatic rings. The van der Waals surface area contributed by atoms with Gasteiger partial charge >= 0.3 is 0 Å². The topological polar surface area (TPSA) is 47.6 Å². The maximum Gasteiger partial charge on any atom is 0.215 e. The van der Waals surface area contributed by atoms with E-state index in [0.29, 0.717) is 5.90 Å². The third-order valence-electron chi connectivity index (χ3n) is 2.71. The molecule has 0 bridgehead atoms. The number of aliphatic imine (C=N–C) groups is 1. The summed E-state index contributed by atoms with van der Waals surface area (Å²) in [4.78, 5) is 4.34.